The number of fused-ring (bicyclic) bond motifs is 1. The minimum atomic E-state index is -0.505. The number of hydrogen-bond acceptors (Lipinski definition) is 6. The van der Waals surface area contributed by atoms with E-state index >= 15 is 0 Å². The van der Waals surface area contributed by atoms with E-state index < -0.39 is 6.29 Å². The molecule has 7 heteroatoms. The van der Waals surface area contributed by atoms with Gasteiger partial charge in [-0.1, -0.05) is 61.4 Å². The molecule has 0 unspecified atom stereocenters. The van der Waals surface area contributed by atoms with Crippen LogP contribution < -0.4 is 4.74 Å². The fourth-order valence-corrected chi connectivity index (χ4v) is 4.83. The first-order chi connectivity index (χ1) is 14.8. The molecule has 5 rings (SSSR count). The monoisotopic (exact) mass is 426 g/mol. The van der Waals surface area contributed by atoms with Gasteiger partial charge in [-0.05, 0) is 25.0 Å². The highest BCUT2D eigenvalue weighted by atomic mass is 32.2. The Balaban J connectivity index is 1.32. The highest BCUT2D eigenvalue weighted by Gasteiger charge is 2.26. The molecule has 2 aliphatic rings. The predicted octanol–water partition coefficient (Wildman–Crippen LogP) is 6.16. The molecule has 0 saturated heterocycles. The van der Waals surface area contributed by atoms with Crippen molar-refractivity contribution in [2.75, 3.05) is 0 Å². The van der Waals surface area contributed by atoms with Gasteiger partial charge in [0.25, 0.3) is 5.22 Å². The van der Waals surface area contributed by atoms with E-state index in [4.69, 9.17) is 13.9 Å². The number of rotatable bonds is 5. The molecular formula is C23H23FN2O3S. The van der Waals surface area contributed by atoms with E-state index in [2.05, 4.69) is 10.2 Å². The normalized spacial score (nSPS) is 19.3. The molecule has 1 atom stereocenters. The summed E-state index contributed by atoms with van der Waals surface area (Å²) < 4.78 is 32.0. The first kappa shape index (κ1) is 19.6. The SMILES string of the molecule is Fc1cc2c(c(CSc3nnc(C4CCCCC4)o3)c1)O[C@@H](c1ccccc1)OC2. The van der Waals surface area contributed by atoms with Crippen molar-refractivity contribution < 1.29 is 18.3 Å². The molecule has 30 heavy (non-hydrogen) atoms. The van der Waals surface area contributed by atoms with E-state index in [1.54, 1.807) is 0 Å². The van der Waals surface area contributed by atoms with Gasteiger partial charge in [-0.3, -0.25) is 0 Å². The number of halogens is 1. The molecule has 0 bridgehead atoms. The van der Waals surface area contributed by atoms with Crippen LogP contribution in [-0.4, -0.2) is 10.2 Å². The predicted molar refractivity (Wildman–Crippen MR) is 111 cm³/mol. The van der Waals surface area contributed by atoms with Gasteiger partial charge in [0.15, 0.2) is 0 Å². The fourth-order valence-electron chi connectivity index (χ4n) is 4.09. The molecule has 3 aromatic rings. The van der Waals surface area contributed by atoms with Crippen molar-refractivity contribution in [3.63, 3.8) is 0 Å². The summed E-state index contributed by atoms with van der Waals surface area (Å²) in [5, 5.41) is 8.95. The van der Waals surface area contributed by atoms with Gasteiger partial charge in [-0.2, -0.15) is 0 Å². The second-order valence-corrected chi connectivity index (χ2v) is 8.68. The number of aromatic nitrogens is 2. The molecule has 2 aromatic carbocycles. The standard InChI is InChI=1S/C23H23FN2O3S/c24-19-11-17-13-27-22(16-9-5-2-6-10-16)28-20(17)18(12-19)14-30-23-26-25-21(29-23)15-7-3-1-4-8-15/h2,5-6,9-12,15,22H,1,3-4,7-8,13-14H2/t22-/m0/s1. The molecule has 2 heterocycles. The van der Waals surface area contributed by atoms with Crippen LogP contribution in [0.4, 0.5) is 4.39 Å². The average Bonchev–Trinajstić information content (AvgIpc) is 3.27. The van der Waals surface area contributed by atoms with Gasteiger partial charge in [0.2, 0.25) is 12.2 Å². The van der Waals surface area contributed by atoms with Crippen LogP contribution in [0.1, 0.15) is 66.9 Å². The van der Waals surface area contributed by atoms with E-state index in [9.17, 15) is 4.39 Å². The molecule has 1 fully saturated rings. The summed E-state index contributed by atoms with van der Waals surface area (Å²) in [6.45, 7) is 0.302. The van der Waals surface area contributed by atoms with Crippen molar-refractivity contribution >= 4 is 11.8 Å². The Kier molecular flexibility index (Phi) is 5.73. The molecule has 0 spiro atoms. The first-order valence-electron chi connectivity index (χ1n) is 10.4. The summed E-state index contributed by atoms with van der Waals surface area (Å²) in [6.07, 6.45) is 5.43. The van der Waals surface area contributed by atoms with Crippen LogP contribution in [0.5, 0.6) is 5.75 Å². The molecule has 0 N–H and O–H groups in total. The maximum absolute atomic E-state index is 14.2. The van der Waals surface area contributed by atoms with Crippen molar-refractivity contribution in [1.82, 2.24) is 10.2 Å². The van der Waals surface area contributed by atoms with Crippen LogP contribution in [0.25, 0.3) is 0 Å². The summed E-state index contributed by atoms with van der Waals surface area (Å²) >= 11 is 1.41. The number of nitrogens with zero attached hydrogens (tertiary/aromatic N) is 2. The van der Waals surface area contributed by atoms with Gasteiger partial charge in [0, 0.05) is 28.4 Å². The van der Waals surface area contributed by atoms with Crippen molar-refractivity contribution in [3.8, 4) is 5.75 Å². The lowest BCUT2D eigenvalue weighted by Gasteiger charge is -2.28. The zero-order chi connectivity index (χ0) is 20.3. The number of ether oxygens (including phenoxy) is 2. The van der Waals surface area contributed by atoms with Gasteiger partial charge in [0.1, 0.15) is 11.6 Å². The van der Waals surface area contributed by atoms with Gasteiger partial charge in [-0.25, -0.2) is 4.39 Å². The molecule has 156 valence electrons. The van der Waals surface area contributed by atoms with E-state index in [0.717, 1.165) is 29.9 Å². The summed E-state index contributed by atoms with van der Waals surface area (Å²) in [5.74, 6) is 1.95. The molecule has 0 amide bonds. The van der Waals surface area contributed by atoms with Gasteiger partial charge >= 0.3 is 0 Å². The van der Waals surface area contributed by atoms with Gasteiger partial charge in [0.05, 0.1) is 6.61 Å². The quantitative estimate of drug-likeness (QED) is 0.456. The topological polar surface area (TPSA) is 57.4 Å². The van der Waals surface area contributed by atoms with E-state index in [1.165, 1.54) is 43.2 Å². The Labute approximate surface area is 179 Å². The van der Waals surface area contributed by atoms with Crippen LogP contribution in [-0.2, 0) is 17.1 Å². The number of benzene rings is 2. The third-order valence-corrected chi connectivity index (χ3v) is 6.49. The highest BCUT2D eigenvalue weighted by molar-refractivity contribution is 7.98. The fraction of sp³-hybridized carbons (Fsp3) is 0.391. The van der Waals surface area contributed by atoms with E-state index in [0.29, 0.717) is 34.8 Å². The van der Waals surface area contributed by atoms with Crippen molar-refractivity contribution in [2.24, 2.45) is 0 Å². The maximum Gasteiger partial charge on any atom is 0.276 e. The Bertz CT molecular complexity index is 1000. The van der Waals surface area contributed by atoms with E-state index in [1.807, 2.05) is 30.3 Å². The van der Waals surface area contributed by atoms with Crippen molar-refractivity contribution in [1.29, 1.82) is 0 Å². The Morgan fingerprint density at radius 3 is 2.70 bits per heavy atom. The smallest absolute Gasteiger partial charge is 0.276 e. The van der Waals surface area contributed by atoms with Crippen molar-refractivity contribution in [2.45, 2.75) is 61.9 Å². The van der Waals surface area contributed by atoms with Crippen LogP contribution >= 0.6 is 11.8 Å². The van der Waals surface area contributed by atoms with Crippen LogP contribution in [0.3, 0.4) is 0 Å². The third kappa shape index (κ3) is 4.23. The maximum atomic E-state index is 14.2. The second kappa shape index (κ2) is 8.78. The highest BCUT2D eigenvalue weighted by Crippen LogP contribution is 2.39. The summed E-state index contributed by atoms with van der Waals surface area (Å²) in [5.41, 5.74) is 2.41. The Hall–Kier alpha value is -2.38. The third-order valence-electron chi connectivity index (χ3n) is 5.62. The summed E-state index contributed by atoms with van der Waals surface area (Å²) in [7, 11) is 0. The molecule has 5 nitrogen and oxygen atoms in total. The lowest BCUT2D eigenvalue weighted by Crippen LogP contribution is -2.19. The van der Waals surface area contributed by atoms with Crippen LogP contribution in [0.15, 0.2) is 52.1 Å². The number of hydrogen-bond donors (Lipinski definition) is 0. The van der Waals surface area contributed by atoms with Crippen LogP contribution in [0.2, 0.25) is 0 Å². The molecular weight excluding hydrogens is 403 g/mol. The number of thioether (sulfide) groups is 1. The zero-order valence-electron chi connectivity index (χ0n) is 16.6. The zero-order valence-corrected chi connectivity index (χ0v) is 17.4. The minimum absolute atomic E-state index is 0.302. The second-order valence-electron chi connectivity index (χ2n) is 7.75. The van der Waals surface area contributed by atoms with Gasteiger partial charge < -0.3 is 13.9 Å². The van der Waals surface area contributed by atoms with Crippen LogP contribution in [0, 0.1) is 5.82 Å². The Morgan fingerprint density at radius 1 is 1.03 bits per heavy atom. The molecule has 1 aliphatic carbocycles. The minimum Gasteiger partial charge on any atom is -0.460 e. The summed E-state index contributed by atoms with van der Waals surface area (Å²) in [6, 6.07) is 12.7. The molecule has 1 aliphatic heterocycles. The average molecular weight is 427 g/mol. The molecule has 0 radical (unpaired) electrons. The van der Waals surface area contributed by atoms with Gasteiger partial charge in [-0.15, -0.1) is 10.2 Å². The summed E-state index contributed by atoms with van der Waals surface area (Å²) in [4.78, 5) is 0. The lowest BCUT2D eigenvalue weighted by molar-refractivity contribution is -0.112. The lowest BCUT2D eigenvalue weighted by atomic mass is 9.89. The van der Waals surface area contributed by atoms with Crippen molar-refractivity contribution in [3.05, 3.63) is 70.9 Å². The largest absolute Gasteiger partial charge is 0.460 e. The first-order valence-corrected chi connectivity index (χ1v) is 11.4. The Morgan fingerprint density at radius 2 is 1.87 bits per heavy atom. The molecule has 1 saturated carbocycles. The van der Waals surface area contributed by atoms with E-state index in [-0.39, 0.29) is 5.82 Å². The molecule has 1 aromatic heterocycles.